The van der Waals surface area contributed by atoms with E-state index >= 15 is 0 Å². The number of anilines is 1. The topological polar surface area (TPSA) is 80.6 Å². The molecular weight excluding hydrogens is 424 g/mol. The molecule has 2 N–H and O–H groups in total. The van der Waals surface area contributed by atoms with Crippen molar-refractivity contribution in [2.24, 2.45) is 0 Å². The lowest BCUT2D eigenvalue weighted by atomic mass is 10.1. The van der Waals surface area contributed by atoms with Crippen LogP contribution in [0.15, 0.2) is 69.8 Å². The second kappa shape index (κ2) is 9.23. The van der Waals surface area contributed by atoms with Gasteiger partial charge in [-0.2, -0.15) is 0 Å². The van der Waals surface area contributed by atoms with E-state index < -0.39 is 0 Å². The summed E-state index contributed by atoms with van der Waals surface area (Å²) >= 11 is 3.40. The lowest BCUT2D eigenvalue weighted by Crippen LogP contribution is -2.24. The van der Waals surface area contributed by atoms with Gasteiger partial charge in [-0.05, 0) is 65.3 Å². The summed E-state index contributed by atoms with van der Waals surface area (Å²) in [6.45, 7) is 2.69. The van der Waals surface area contributed by atoms with Crippen molar-refractivity contribution >= 4 is 33.4 Å². The lowest BCUT2D eigenvalue weighted by Gasteiger charge is -2.12. The number of ether oxygens (including phenoxy) is 1. The molecule has 6 nitrogen and oxygen atoms in total. The molecule has 28 heavy (non-hydrogen) atoms. The quantitative estimate of drug-likeness (QED) is 0.559. The van der Waals surface area contributed by atoms with Crippen LogP contribution in [0, 0.1) is 0 Å². The molecule has 0 spiro atoms. The van der Waals surface area contributed by atoms with E-state index in [-0.39, 0.29) is 18.4 Å². The summed E-state index contributed by atoms with van der Waals surface area (Å²) in [5.74, 6) is 0.682. The number of carbonyl (C=O) groups excluding carboxylic acids is 2. The predicted octanol–water partition coefficient (Wildman–Crippen LogP) is 4.62. The van der Waals surface area contributed by atoms with E-state index in [1.165, 1.54) is 0 Å². The fourth-order valence-electron chi connectivity index (χ4n) is 2.58. The van der Waals surface area contributed by atoms with Gasteiger partial charge in [0.05, 0.1) is 35.1 Å². The number of furan rings is 1. The molecule has 0 bridgehead atoms. The number of hydrogen-bond donors (Lipinski definition) is 2. The van der Waals surface area contributed by atoms with Crippen LogP contribution in [0.1, 0.15) is 33.4 Å². The van der Waals surface area contributed by atoms with Gasteiger partial charge in [-0.1, -0.05) is 12.1 Å². The number of amides is 2. The van der Waals surface area contributed by atoms with E-state index in [0.29, 0.717) is 39.4 Å². The van der Waals surface area contributed by atoms with Gasteiger partial charge in [-0.25, -0.2) is 0 Å². The molecule has 2 amide bonds. The number of carbonyl (C=O) groups is 2. The molecule has 0 radical (unpaired) electrons. The summed E-state index contributed by atoms with van der Waals surface area (Å²) in [5.41, 5.74) is 1.24. The highest BCUT2D eigenvalue weighted by Gasteiger charge is 2.15. The number of hydrogen-bond acceptors (Lipinski definition) is 4. The maximum atomic E-state index is 12.6. The largest absolute Gasteiger partial charge is 0.493 e. The predicted molar refractivity (Wildman–Crippen MR) is 110 cm³/mol. The Kier molecular flexibility index (Phi) is 6.49. The van der Waals surface area contributed by atoms with Gasteiger partial charge < -0.3 is 19.8 Å². The Hall–Kier alpha value is -3.06. The van der Waals surface area contributed by atoms with E-state index in [1.54, 1.807) is 60.9 Å². The summed E-state index contributed by atoms with van der Waals surface area (Å²) in [4.78, 5) is 25.2. The van der Waals surface area contributed by atoms with Crippen LogP contribution in [0.3, 0.4) is 0 Å². The van der Waals surface area contributed by atoms with Gasteiger partial charge in [0.15, 0.2) is 0 Å². The molecule has 0 fully saturated rings. The van der Waals surface area contributed by atoms with Crippen LogP contribution in [-0.2, 0) is 6.54 Å². The molecule has 7 heteroatoms. The van der Waals surface area contributed by atoms with Gasteiger partial charge in [-0.15, -0.1) is 0 Å². The normalized spacial score (nSPS) is 10.4. The van der Waals surface area contributed by atoms with E-state index in [9.17, 15) is 9.59 Å². The van der Waals surface area contributed by atoms with Crippen LogP contribution in [0.25, 0.3) is 0 Å². The van der Waals surface area contributed by atoms with Crippen LogP contribution in [-0.4, -0.2) is 18.4 Å². The Labute approximate surface area is 171 Å². The Morgan fingerprint density at radius 3 is 2.61 bits per heavy atom. The lowest BCUT2D eigenvalue weighted by molar-refractivity contribution is 0.0949. The Morgan fingerprint density at radius 1 is 1.07 bits per heavy atom. The standard InChI is InChI=1S/C21H19BrN2O4/c1-2-27-19-10-9-14(12-17(19)22)20(25)24-18-8-4-3-7-16(18)21(26)23-13-15-6-5-11-28-15/h3-12H,2,13H2,1H3,(H,23,26)(H,24,25). The number of benzene rings is 2. The Bertz CT molecular complexity index is 970. The van der Waals surface area contributed by atoms with Gasteiger partial charge in [0.2, 0.25) is 0 Å². The molecule has 3 rings (SSSR count). The van der Waals surface area contributed by atoms with Crippen molar-refractivity contribution < 1.29 is 18.7 Å². The highest BCUT2D eigenvalue weighted by atomic mass is 79.9. The first-order valence-corrected chi connectivity index (χ1v) is 9.51. The molecule has 0 saturated heterocycles. The minimum Gasteiger partial charge on any atom is -0.493 e. The molecule has 0 saturated carbocycles. The minimum atomic E-state index is -0.324. The Morgan fingerprint density at radius 2 is 1.89 bits per heavy atom. The average Bonchev–Trinajstić information content (AvgIpc) is 3.22. The first kappa shape index (κ1) is 19.7. The van der Waals surface area contributed by atoms with Crippen LogP contribution in [0.2, 0.25) is 0 Å². The molecule has 0 unspecified atom stereocenters. The summed E-state index contributed by atoms with van der Waals surface area (Å²) in [6.07, 6.45) is 1.55. The number of rotatable bonds is 7. The Balaban J connectivity index is 1.72. The van der Waals surface area contributed by atoms with Gasteiger partial charge in [0.1, 0.15) is 11.5 Å². The first-order valence-electron chi connectivity index (χ1n) is 8.71. The number of halogens is 1. The zero-order valence-corrected chi connectivity index (χ0v) is 16.8. The van der Waals surface area contributed by atoms with E-state index in [4.69, 9.17) is 9.15 Å². The highest BCUT2D eigenvalue weighted by Crippen LogP contribution is 2.26. The second-order valence-electron chi connectivity index (χ2n) is 5.84. The van der Waals surface area contributed by atoms with Crippen molar-refractivity contribution in [2.75, 3.05) is 11.9 Å². The molecule has 0 atom stereocenters. The number of nitrogens with one attached hydrogen (secondary N) is 2. The van der Waals surface area contributed by atoms with Crippen molar-refractivity contribution in [2.45, 2.75) is 13.5 Å². The fourth-order valence-corrected chi connectivity index (χ4v) is 3.07. The molecule has 1 aromatic heterocycles. The van der Waals surface area contributed by atoms with Gasteiger partial charge >= 0.3 is 0 Å². The molecular formula is C21H19BrN2O4. The molecule has 1 heterocycles. The van der Waals surface area contributed by atoms with Crippen LogP contribution >= 0.6 is 15.9 Å². The molecule has 0 aliphatic carbocycles. The van der Waals surface area contributed by atoms with Crippen molar-refractivity contribution in [3.8, 4) is 5.75 Å². The van der Waals surface area contributed by atoms with Crippen molar-refractivity contribution in [3.63, 3.8) is 0 Å². The fraction of sp³-hybridized carbons (Fsp3) is 0.143. The van der Waals surface area contributed by atoms with E-state index in [1.807, 2.05) is 6.92 Å². The molecule has 0 aliphatic rings. The molecule has 2 aromatic carbocycles. The SMILES string of the molecule is CCOc1ccc(C(=O)Nc2ccccc2C(=O)NCc2ccco2)cc1Br. The van der Waals surface area contributed by atoms with Gasteiger partial charge in [-0.3, -0.25) is 9.59 Å². The third-order valence-corrected chi connectivity index (χ3v) is 4.54. The van der Waals surface area contributed by atoms with Crippen molar-refractivity contribution in [3.05, 3.63) is 82.2 Å². The minimum absolute atomic E-state index is 0.264. The van der Waals surface area contributed by atoms with Crippen LogP contribution in [0.5, 0.6) is 5.75 Å². The van der Waals surface area contributed by atoms with Crippen molar-refractivity contribution in [1.29, 1.82) is 0 Å². The summed E-state index contributed by atoms with van der Waals surface area (Å²) in [7, 11) is 0. The average molecular weight is 443 g/mol. The smallest absolute Gasteiger partial charge is 0.255 e. The zero-order valence-electron chi connectivity index (χ0n) is 15.2. The molecule has 0 aliphatic heterocycles. The third kappa shape index (κ3) is 4.80. The van der Waals surface area contributed by atoms with Gasteiger partial charge in [0, 0.05) is 5.56 Å². The first-order chi connectivity index (χ1) is 13.6. The number of para-hydroxylation sites is 1. The monoisotopic (exact) mass is 442 g/mol. The summed E-state index contributed by atoms with van der Waals surface area (Å²) < 4.78 is 11.4. The maximum absolute atomic E-state index is 12.6. The summed E-state index contributed by atoms with van der Waals surface area (Å²) in [6, 6.07) is 15.4. The van der Waals surface area contributed by atoms with E-state index in [2.05, 4.69) is 26.6 Å². The van der Waals surface area contributed by atoms with E-state index in [0.717, 1.165) is 0 Å². The third-order valence-electron chi connectivity index (χ3n) is 3.92. The van der Waals surface area contributed by atoms with Crippen LogP contribution in [0.4, 0.5) is 5.69 Å². The van der Waals surface area contributed by atoms with Crippen LogP contribution < -0.4 is 15.4 Å². The highest BCUT2D eigenvalue weighted by molar-refractivity contribution is 9.10. The second-order valence-corrected chi connectivity index (χ2v) is 6.69. The zero-order chi connectivity index (χ0) is 19.9. The molecule has 3 aromatic rings. The van der Waals surface area contributed by atoms with Gasteiger partial charge in [0.25, 0.3) is 11.8 Å². The maximum Gasteiger partial charge on any atom is 0.255 e. The van der Waals surface area contributed by atoms with Crippen molar-refractivity contribution in [1.82, 2.24) is 5.32 Å². The summed E-state index contributed by atoms with van der Waals surface area (Å²) in [5, 5.41) is 5.57. The molecule has 144 valence electrons.